The Kier molecular flexibility index (Phi) is 6.15. The lowest BCUT2D eigenvalue weighted by Gasteiger charge is -2.30. The second kappa shape index (κ2) is 9.40. The Bertz CT molecular complexity index is 1310. The highest BCUT2D eigenvalue weighted by Gasteiger charge is 2.29. The second-order valence-electron chi connectivity index (χ2n) is 9.07. The maximum Gasteiger partial charge on any atom is 0.246 e. The quantitative estimate of drug-likeness (QED) is 0.328. The molecule has 1 aromatic carbocycles. The van der Waals surface area contributed by atoms with Crippen LogP contribution >= 0.6 is 0 Å². The number of carbonyl (C=O) groups excluding carboxylic acids is 1. The number of nitrogens with zero attached hydrogens (tertiary/aromatic N) is 6. The van der Waals surface area contributed by atoms with E-state index in [0.29, 0.717) is 36.7 Å². The van der Waals surface area contributed by atoms with Crippen molar-refractivity contribution in [2.45, 2.75) is 32.2 Å². The standard InChI is InChI=1S/C26H30N6O3/c1-4-22(33)31-12-6-5-7-19(16-31)32-23-20(8-9-21-24(23)35-14-13-30(21)3)28-26(32)29-25(34)18-10-11-27-17(2)15-18/h4,8-11,15,19H,1,5-7,12-14,16H2,2-3H3,(H,28,29,34)/p-1/t19-/m1/s1. The molecule has 0 saturated carbocycles. The van der Waals surface area contributed by atoms with Crippen molar-refractivity contribution < 1.29 is 14.6 Å². The molecular formula is C26H29N6O3-. The molecule has 0 N–H and O–H groups in total. The number of aryl methyl sites for hydroxylation is 1. The fourth-order valence-corrected chi connectivity index (χ4v) is 4.90. The molecule has 1 saturated heterocycles. The predicted octanol–water partition coefficient (Wildman–Crippen LogP) is 2.75. The molecule has 3 aromatic rings. The van der Waals surface area contributed by atoms with Crippen LogP contribution in [0.5, 0.6) is 5.75 Å². The van der Waals surface area contributed by atoms with Crippen molar-refractivity contribution in [2.75, 3.05) is 38.2 Å². The molecule has 9 nitrogen and oxygen atoms in total. The molecule has 2 aromatic heterocycles. The van der Waals surface area contributed by atoms with Gasteiger partial charge in [0.05, 0.1) is 23.8 Å². The Hall–Kier alpha value is -3.88. The summed E-state index contributed by atoms with van der Waals surface area (Å²) in [6.45, 7) is 8.00. The van der Waals surface area contributed by atoms with Crippen molar-refractivity contribution in [3.05, 3.63) is 54.4 Å². The fraction of sp³-hybridized carbons (Fsp3) is 0.385. The zero-order valence-electron chi connectivity index (χ0n) is 20.1. The van der Waals surface area contributed by atoms with E-state index in [-0.39, 0.29) is 17.8 Å². The van der Waals surface area contributed by atoms with Crippen LogP contribution in [0.4, 0.5) is 11.6 Å². The molecule has 0 unspecified atom stereocenters. The second-order valence-corrected chi connectivity index (χ2v) is 9.07. The number of benzene rings is 1. The third kappa shape index (κ3) is 4.34. The molecule has 1 amide bonds. The van der Waals surface area contributed by atoms with Crippen LogP contribution in [-0.2, 0) is 4.79 Å². The molecule has 35 heavy (non-hydrogen) atoms. The minimum absolute atomic E-state index is 0.0961. The SMILES string of the molecule is C=CC(=O)N1CCCC[C@@H](n2c(/N=C(\[O-])c3ccnc(C)c3)nc3ccc4c(c32)OCCN4C)C1. The monoisotopic (exact) mass is 473 g/mol. The van der Waals surface area contributed by atoms with Crippen LogP contribution in [0.3, 0.4) is 0 Å². The number of likely N-dealkylation sites (N-methyl/N-ethyl adjacent to an activating group) is 1. The van der Waals surface area contributed by atoms with Crippen LogP contribution in [0.2, 0.25) is 0 Å². The molecule has 182 valence electrons. The Morgan fingerprint density at radius 3 is 2.94 bits per heavy atom. The van der Waals surface area contributed by atoms with Gasteiger partial charge in [0, 0.05) is 32.0 Å². The van der Waals surface area contributed by atoms with Crippen molar-refractivity contribution in [1.82, 2.24) is 19.4 Å². The van der Waals surface area contributed by atoms with Gasteiger partial charge >= 0.3 is 0 Å². The van der Waals surface area contributed by atoms with Gasteiger partial charge in [-0.2, -0.15) is 0 Å². The number of ether oxygens (including phenoxy) is 1. The van der Waals surface area contributed by atoms with Crippen LogP contribution in [0.15, 0.2) is 48.1 Å². The van der Waals surface area contributed by atoms with Gasteiger partial charge in [-0.05, 0) is 68.0 Å². The van der Waals surface area contributed by atoms with Gasteiger partial charge in [0.25, 0.3) is 0 Å². The van der Waals surface area contributed by atoms with Crippen molar-refractivity contribution in [3.8, 4) is 5.75 Å². The highest BCUT2D eigenvalue weighted by Crippen LogP contribution is 2.42. The van der Waals surface area contributed by atoms with Crippen molar-refractivity contribution in [1.29, 1.82) is 0 Å². The molecule has 1 fully saturated rings. The number of pyridine rings is 1. The largest absolute Gasteiger partial charge is 0.858 e. The van der Waals surface area contributed by atoms with Gasteiger partial charge in [0.1, 0.15) is 12.1 Å². The molecule has 0 bridgehead atoms. The van der Waals surface area contributed by atoms with Gasteiger partial charge in [-0.25, -0.2) is 9.98 Å². The Morgan fingerprint density at radius 1 is 1.29 bits per heavy atom. The van der Waals surface area contributed by atoms with E-state index in [1.54, 1.807) is 18.3 Å². The maximum absolute atomic E-state index is 13.1. The van der Waals surface area contributed by atoms with Crippen LogP contribution in [0.25, 0.3) is 11.0 Å². The zero-order chi connectivity index (χ0) is 24.5. The summed E-state index contributed by atoms with van der Waals surface area (Å²) in [7, 11) is 2.03. The number of likely N-dealkylation sites (tertiary alicyclic amines) is 1. The number of rotatable bonds is 4. The number of amides is 1. The normalized spacial score (nSPS) is 18.7. The number of anilines is 1. The van der Waals surface area contributed by atoms with Gasteiger partial charge in [0.2, 0.25) is 11.9 Å². The van der Waals surface area contributed by atoms with E-state index in [1.165, 1.54) is 6.08 Å². The summed E-state index contributed by atoms with van der Waals surface area (Å²) in [5.41, 5.74) is 3.69. The summed E-state index contributed by atoms with van der Waals surface area (Å²) in [4.78, 5) is 29.9. The number of imidazole rings is 1. The smallest absolute Gasteiger partial charge is 0.246 e. The predicted molar refractivity (Wildman–Crippen MR) is 133 cm³/mol. The lowest BCUT2D eigenvalue weighted by molar-refractivity contribution is -0.212. The molecule has 0 radical (unpaired) electrons. The number of hydrogen-bond acceptors (Lipinski definition) is 7. The van der Waals surface area contributed by atoms with E-state index in [1.807, 2.05) is 35.6 Å². The molecule has 5 rings (SSSR count). The molecule has 2 aliphatic rings. The zero-order valence-corrected chi connectivity index (χ0v) is 20.1. The first-order valence-corrected chi connectivity index (χ1v) is 11.9. The number of hydrogen-bond donors (Lipinski definition) is 0. The lowest BCUT2D eigenvalue weighted by Crippen LogP contribution is -2.34. The summed E-state index contributed by atoms with van der Waals surface area (Å²) >= 11 is 0. The van der Waals surface area contributed by atoms with Crippen LogP contribution in [0, 0.1) is 6.92 Å². The van der Waals surface area contributed by atoms with Gasteiger partial charge in [-0.15, -0.1) is 0 Å². The summed E-state index contributed by atoms with van der Waals surface area (Å²) in [6.07, 6.45) is 5.64. The third-order valence-corrected chi connectivity index (χ3v) is 6.69. The van der Waals surface area contributed by atoms with Gasteiger partial charge in [-0.1, -0.05) is 6.58 Å². The Morgan fingerprint density at radius 2 is 2.14 bits per heavy atom. The first kappa shape index (κ1) is 22.9. The number of aliphatic imine (C=N–C) groups is 1. The summed E-state index contributed by atoms with van der Waals surface area (Å²) < 4.78 is 8.16. The van der Waals surface area contributed by atoms with E-state index in [0.717, 1.165) is 48.5 Å². The molecule has 2 aliphatic heterocycles. The van der Waals surface area contributed by atoms with E-state index >= 15 is 0 Å². The number of carbonyl (C=O) groups is 1. The minimum Gasteiger partial charge on any atom is -0.858 e. The van der Waals surface area contributed by atoms with Crippen LogP contribution < -0.4 is 14.7 Å². The summed E-state index contributed by atoms with van der Waals surface area (Å²) in [5, 5.41) is 13.1. The van der Waals surface area contributed by atoms with Crippen molar-refractivity contribution in [3.63, 3.8) is 0 Å². The van der Waals surface area contributed by atoms with Crippen LogP contribution in [-0.4, -0.2) is 64.5 Å². The van der Waals surface area contributed by atoms with Crippen molar-refractivity contribution in [2.24, 2.45) is 4.99 Å². The minimum atomic E-state index is -0.383. The average Bonchev–Trinajstić information content (AvgIpc) is 3.04. The lowest BCUT2D eigenvalue weighted by atomic mass is 10.1. The number of aromatic nitrogens is 3. The highest BCUT2D eigenvalue weighted by atomic mass is 16.5. The van der Waals surface area contributed by atoms with Gasteiger partial charge in [0.15, 0.2) is 5.75 Å². The Labute approximate surface area is 204 Å². The van der Waals surface area contributed by atoms with Crippen molar-refractivity contribution >= 4 is 34.5 Å². The van der Waals surface area contributed by atoms with Gasteiger partial charge < -0.3 is 24.2 Å². The first-order chi connectivity index (χ1) is 17.0. The summed E-state index contributed by atoms with van der Waals surface area (Å²) in [5.74, 6) is 0.582. The topological polar surface area (TPSA) is 98.9 Å². The molecule has 1 atom stereocenters. The third-order valence-electron chi connectivity index (χ3n) is 6.69. The molecule has 0 spiro atoms. The molecular weight excluding hydrogens is 444 g/mol. The average molecular weight is 474 g/mol. The van der Waals surface area contributed by atoms with E-state index in [4.69, 9.17) is 9.72 Å². The fourth-order valence-electron chi connectivity index (χ4n) is 4.90. The molecule has 0 aliphatic carbocycles. The van der Waals surface area contributed by atoms with E-state index < -0.39 is 0 Å². The van der Waals surface area contributed by atoms with Gasteiger partial charge in [-0.3, -0.25) is 9.78 Å². The van der Waals surface area contributed by atoms with E-state index in [9.17, 15) is 9.90 Å². The summed E-state index contributed by atoms with van der Waals surface area (Å²) in [6, 6.07) is 7.20. The highest BCUT2D eigenvalue weighted by molar-refractivity contribution is 5.95. The number of fused-ring (bicyclic) bond motifs is 3. The molecule has 9 heteroatoms. The Balaban J connectivity index is 1.70. The first-order valence-electron chi connectivity index (χ1n) is 11.9. The van der Waals surface area contributed by atoms with Crippen LogP contribution in [0.1, 0.15) is 36.6 Å². The van der Waals surface area contributed by atoms with E-state index in [2.05, 4.69) is 21.5 Å². The maximum atomic E-state index is 13.1. The molecule has 4 heterocycles.